The standard InChI is InChI=1S/C11H21NO/c1-2-6-11(13)7-10-12-8-4-3-5-9-12/h2-10H2,1H3. The minimum absolute atomic E-state index is 0.438. The molecule has 0 bridgehead atoms. The van der Waals surface area contributed by atoms with E-state index in [0.717, 1.165) is 25.8 Å². The molecule has 0 amide bonds. The highest BCUT2D eigenvalue weighted by Gasteiger charge is 2.10. The number of ketones is 1. The molecule has 13 heavy (non-hydrogen) atoms. The maximum Gasteiger partial charge on any atom is 0.134 e. The number of Topliss-reactive ketones (excluding diaryl/α,β-unsaturated/α-hetero) is 1. The summed E-state index contributed by atoms with van der Waals surface area (Å²) in [5.41, 5.74) is 0. The van der Waals surface area contributed by atoms with E-state index in [0.29, 0.717) is 5.78 Å². The van der Waals surface area contributed by atoms with Crippen LogP contribution in [-0.4, -0.2) is 30.3 Å². The molecular formula is C11H21NO. The molecule has 1 aliphatic rings. The van der Waals surface area contributed by atoms with E-state index in [2.05, 4.69) is 11.8 Å². The minimum Gasteiger partial charge on any atom is -0.303 e. The lowest BCUT2D eigenvalue weighted by Gasteiger charge is -2.25. The third-order valence-corrected chi connectivity index (χ3v) is 2.68. The number of hydrogen-bond acceptors (Lipinski definition) is 2. The number of likely N-dealkylation sites (tertiary alicyclic amines) is 1. The molecule has 0 aromatic rings. The van der Waals surface area contributed by atoms with Crippen molar-refractivity contribution in [3.05, 3.63) is 0 Å². The molecule has 76 valence electrons. The van der Waals surface area contributed by atoms with Crippen LogP contribution in [0.5, 0.6) is 0 Å². The molecule has 1 heterocycles. The van der Waals surface area contributed by atoms with Crippen LogP contribution in [0.4, 0.5) is 0 Å². The fraction of sp³-hybridized carbons (Fsp3) is 0.909. The fourth-order valence-electron chi connectivity index (χ4n) is 1.87. The third kappa shape index (κ3) is 4.41. The van der Waals surface area contributed by atoms with Crippen LogP contribution in [0.25, 0.3) is 0 Å². The van der Waals surface area contributed by atoms with Crippen molar-refractivity contribution in [1.82, 2.24) is 4.90 Å². The molecule has 0 saturated carbocycles. The maximum absolute atomic E-state index is 11.3. The van der Waals surface area contributed by atoms with Gasteiger partial charge in [0.1, 0.15) is 5.78 Å². The van der Waals surface area contributed by atoms with E-state index in [4.69, 9.17) is 0 Å². The predicted molar refractivity (Wildman–Crippen MR) is 54.8 cm³/mol. The summed E-state index contributed by atoms with van der Waals surface area (Å²) in [4.78, 5) is 13.7. The van der Waals surface area contributed by atoms with Gasteiger partial charge >= 0.3 is 0 Å². The Morgan fingerprint density at radius 2 is 1.85 bits per heavy atom. The predicted octanol–water partition coefficient (Wildman–Crippen LogP) is 2.23. The second-order valence-corrected chi connectivity index (χ2v) is 3.94. The molecule has 0 atom stereocenters. The second-order valence-electron chi connectivity index (χ2n) is 3.94. The van der Waals surface area contributed by atoms with Crippen molar-refractivity contribution in [3.8, 4) is 0 Å². The number of piperidine rings is 1. The Balaban J connectivity index is 2.06. The summed E-state index contributed by atoms with van der Waals surface area (Å²) in [5.74, 6) is 0.438. The van der Waals surface area contributed by atoms with Crippen molar-refractivity contribution >= 4 is 5.78 Å². The molecule has 0 aliphatic carbocycles. The van der Waals surface area contributed by atoms with Gasteiger partial charge in [0, 0.05) is 19.4 Å². The molecule has 0 unspecified atom stereocenters. The van der Waals surface area contributed by atoms with Gasteiger partial charge in [0.25, 0.3) is 0 Å². The Labute approximate surface area is 81.3 Å². The van der Waals surface area contributed by atoms with Gasteiger partial charge < -0.3 is 4.90 Å². The summed E-state index contributed by atoms with van der Waals surface area (Å²) in [6.07, 6.45) is 6.56. The van der Waals surface area contributed by atoms with Crippen LogP contribution < -0.4 is 0 Å². The average molecular weight is 183 g/mol. The molecule has 2 nitrogen and oxygen atoms in total. The Bertz CT molecular complexity index is 150. The van der Waals surface area contributed by atoms with Gasteiger partial charge in [-0.05, 0) is 32.4 Å². The Morgan fingerprint density at radius 3 is 2.46 bits per heavy atom. The first-order chi connectivity index (χ1) is 6.33. The van der Waals surface area contributed by atoms with Crippen LogP contribution in [0.1, 0.15) is 45.4 Å². The lowest BCUT2D eigenvalue weighted by molar-refractivity contribution is -0.119. The van der Waals surface area contributed by atoms with Crippen LogP contribution in [-0.2, 0) is 4.79 Å². The van der Waals surface area contributed by atoms with Gasteiger partial charge in [-0.3, -0.25) is 4.79 Å². The van der Waals surface area contributed by atoms with Crippen LogP contribution >= 0.6 is 0 Å². The summed E-state index contributed by atoms with van der Waals surface area (Å²) in [6, 6.07) is 0. The van der Waals surface area contributed by atoms with Gasteiger partial charge in [-0.2, -0.15) is 0 Å². The lowest BCUT2D eigenvalue weighted by Crippen LogP contribution is -2.31. The molecule has 1 aliphatic heterocycles. The number of rotatable bonds is 5. The molecule has 0 aromatic carbocycles. The topological polar surface area (TPSA) is 20.3 Å². The second kappa shape index (κ2) is 6.14. The zero-order valence-corrected chi connectivity index (χ0v) is 8.72. The number of carbonyl (C=O) groups excluding carboxylic acids is 1. The molecule has 0 spiro atoms. The monoisotopic (exact) mass is 183 g/mol. The summed E-state index contributed by atoms with van der Waals surface area (Å²) in [7, 11) is 0. The first kappa shape index (κ1) is 10.7. The normalized spacial score (nSPS) is 18.8. The highest BCUT2D eigenvalue weighted by atomic mass is 16.1. The van der Waals surface area contributed by atoms with Crippen LogP contribution in [0.3, 0.4) is 0 Å². The van der Waals surface area contributed by atoms with E-state index in [1.165, 1.54) is 32.4 Å². The lowest BCUT2D eigenvalue weighted by atomic mass is 10.1. The van der Waals surface area contributed by atoms with Gasteiger partial charge in [0.2, 0.25) is 0 Å². The Kier molecular flexibility index (Phi) is 5.06. The van der Waals surface area contributed by atoms with Crippen LogP contribution in [0.2, 0.25) is 0 Å². The zero-order chi connectivity index (χ0) is 9.52. The van der Waals surface area contributed by atoms with E-state index < -0.39 is 0 Å². The SMILES string of the molecule is CCCC(=O)CCN1CCCCC1. The van der Waals surface area contributed by atoms with Gasteiger partial charge in [0.05, 0.1) is 0 Å². The minimum atomic E-state index is 0.438. The highest BCUT2D eigenvalue weighted by molar-refractivity contribution is 5.78. The number of hydrogen-bond donors (Lipinski definition) is 0. The average Bonchev–Trinajstić information content (AvgIpc) is 2.17. The van der Waals surface area contributed by atoms with E-state index in [1.54, 1.807) is 0 Å². The van der Waals surface area contributed by atoms with Crippen LogP contribution in [0, 0.1) is 0 Å². The van der Waals surface area contributed by atoms with E-state index in [9.17, 15) is 4.79 Å². The van der Waals surface area contributed by atoms with Gasteiger partial charge in [-0.15, -0.1) is 0 Å². The van der Waals surface area contributed by atoms with E-state index in [1.807, 2.05) is 0 Å². The first-order valence-corrected chi connectivity index (χ1v) is 5.57. The van der Waals surface area contributed by atoms with Crippen LogP contribution in [0.15, 0.2) is 0 Å². The molecule has 1 fully saturated rings. The van der Waals surface area contributed by atoms with Crippen molar-refractivity contribution in [2.45, 2.75) is 45.4 Å². The summed E-state index contributed by atoms with van der Waals surface area (Å²) >= 11 is 0. The summed E-state index contributed by atoms with van der Waals surface area (Å²) in [6.45, 7) is 5.48. The van der Waals surface area contributed by atoms with Crippen molar-refractivity contribution in [2.24, 2.45) is 0 Å². The molecule has 1 saturated heterocycles. The number of nitrogens with zero attached hydrogens (tertiary/aromatic N) is 1. The smallest absolute Gasteiger partial charge is 0.134 e. The number of carbonyl (C=O) groups is 1. The Morgan fingerprint density at radius 1 is 1.15 bits per heavy atom. The van der Waals surface area contributed by atoms with Crippen molar-refractivity contribution in [1.29, 1.82) is 0 Å². The van der Waals surface area contributed by atoms with Crippen molar-refractivity contribution in [3.63, 3.8) is 0 Å². The van der Waals surface area contributed by atoms with Gasteiger partial charge in [-0.1, -0.05) is 13.3 Å². The molecule has 2 heteroatoms. The quantitative estimate of drug-likeness (QED) is 0.651. The van der Waals surface area contributed by atoms with E-state index >= 15 is 0 Å². The molecule has 0 N–H and O–H groups in total. The first-order valence-electron chi connectivity index (χ1n) is 5.57. The Hall–Kier alpha value is -0.370. The highest BCUT2D eigenvalue weighted by Crippen LogP contribution is 2.09. The zero-order valence-electron chi connectivity index (χ0n) is 8.72. The largest absolute Gasteiger partial charge is 0.303 e. The van der Waals surface area contributed by atoms with Crippen molar-refractivity contribution in [2.75, 3.05) is 19.6 Å². The van der Waals surface area contributed by atoms with E-state index in [-0.39, 0.29) is 0 Å². The van der Waals surface area contributed by atoms with Gasteiger partial charge in [-0.25, -0.2) is 0 Å². The molecule has 1 rings (SSSR count). The molecule has 0 aromatic heterocycles. The van der Waals surface area contributed by atoms with Crippen molar-refractivity contribution < 1.29 is 4.79 Å². The third-order valence-electron chi connectivity index (χ3n) is 2.68. The maximum atomic E-state index is 11.3. The fourth-order valence-corrected chi connectivity index (χ4v) is 1.87. The molecular weight excluding hydrogens is 162 g/mol. The van der Waals surface area contributed by atoms with Gasteiger partial charge in [0.15, 0.2) is 0 Å². The summed E-state index contributed by atoms with van der Waals surface area (Å²) < 4.78 is 0. The summed E-state index contributed by atoms with van der Waals surface area (Å²) in [5, 5.41) is 0. The molecule has 0 radical (unpaired) electrons.